The summed E-state index contributed by atoms with van der Waals surface area (Å²) in [6.07, 6.45) is 2.08. The number of benzene rings is 1. The maximum atomic E-state index is 12.8. The van der Waals surface area contributed by atoms with Crippen LogP contribution in [0.5, 0.6) is 5.75 Å². The van der Waals surface area contributed by atoms with Gasteiger partial charge < -0.3 is 9.64 Å². The zero-order valence-electron chi connectivity index (χ0n) is 13.5. The highest BCUT2D eigenvalue weighted by atomic mass is 32.2. The van der Waals surface area contributed by atoms with Gasteiger partial charge in [0.15, 0.2) is 0 Å². The minimum Gasteiger partial charge on any atom is -0.494 e. The number of hydrogen-bond donors (Lipinski definition) is 0. The van der Waals surface area contributed by atoms with Gasteiger partial charge in [0.2, 0.25) is 15.9 Å². The lowest BCUT2D eigenvalue weighted by atomic mass is 10.2. The standard InChI is InChI=1S/C16H22N2O4S/c1-3-22-15-7-6-14(10-12(15)2)23(20,21)17-8-9-18(13-4-5-13)16(19)11-17/h6-7,10,13H,3-5,8-9,11H2,1-2H3. The maximum absolute atomic E-state index is 12.8. The third-order valence-corrected chi connectivity index (χ3v) is 6.14. The summed E-state index contributed by atoms with van der Waals surface area (Å²) in [5.41, 5.74) is 0.774. The van der Waals surface area contributed by atoms with Crippen LogP contribution < -0.4 is 4.74 Å². The minimum absolute atomic E-state index is 0.0644. The van der Waals surface area contributed by atoms with E-state index in [0.717, 1.165) is 18.4 Å². The summed E-state index contributed by atoms with van der Waals surface area (Å²) in [4.78, 5) is 14.2. The summed E-state index contributed by atoms with van der Waals surface area (Å²) in [6, 6.07) is 5.16. The van der Waals surface area contributed by atoms with E-state index in [-0.39, 0.29) is 17.3 Å². The summed E-state index contributed by atoms with van der Waals surface area (Å²) in [5, 5.41) is 0. The van der Waals surface area contributed by atoms with E-state index in [9.17, 15) is 13.2 Å². The van der Waals surface area contributed by atoms with E-state index >= 15 is 0 Å². The van der Waals surface area contributed by atoms with Crippen molar-refractivity contribution >= 4 is 15.9 Å². The van der Waals surface area contributed by atoms with Crippen molar-refractivity contribution in [2.24, 2.45) is 0 Å². The van der Waals surface area contributed by atoms with Crippen molar-refractivity contribution in [1.82, 2.24) is 9.21 Å². The van der Waals surface area contributed by atoms with E-state index in [1.165, 1.54) is 4.31 Å². The van der Waals surface area contributed by atoms with Crippen molar-refractivity contribution in [3.05, 3.63) is 23.8 Å². The normalized spacial score (nSPS) is 19.9. The molecule has 1 aliphatic carbocycles. The van der Waals surface area contributed by atoms with E-state index in [1.54, 1.807) is 18.2 Å². The molecular formula is C16H22N2O4S. The summed E-state index contributed by atoms with van der Waals surface area (Å²) in [7, 11) is -3.65. The van der Waals surface area contributed by atoms with Crippen LogP contribution in [0.1, 0.15) is 25.3 Å². The van der Waals surface area contributed by atoms with Crippen molar-refractivity contribution in [2.75, 3.05) is 26.2 Å². The van der Waals surface area contributed by atoms with Crippen molar-refractivity contribution in [1.29, 1.82) is 0 Å². The highest BCUT2D eigenvalue weighted by Crippen LogP contribution is 2.30. The van der Waals surface area contributed by atoms with Crippen molar-refractivity contribution in [3.63, 3.8) is 0 Å². The van der Waals surface area contributed by atoms with Gasteiger partial charge in [0.05, 0.1) is 18.0 Å². The van der Waals surface area contributed by atoms with Gasteiger partial charge >= 0.3 is 0 Å². The number of sulfonamides is 1. The van der Waals surface area contributed by atoms with Gasteiger partial charge in [-0.05, 0) is 50.5 Å². The number of rotatable bonds is 5. The Hall–Kier alpha value is -1.60. The van der Waals surface area contributed by atoms with Gasteiger partial charge in [-0.25, -0.2) is 8.42 Å². The monoisotopic (exact) mass is 338 g/mol. The van der Waals surface area contributed by atoms with Crippen LogP contribution in [0.3, 0.4) is 0 Å². The number of hydrogen-bond acceptors (Lipinski definition) is 4. The molecule has 2 aliphatic rings. The third kappa shape index (κ3) is 3.21. The number of ether oxygens (including phenoxy) is 1. The predicted molar refractivity (Wildman–Crippen MR) is 85.8 cm³/mol. The Labute approximate surface area is 137 Å². The van der Waals surface area contributed by atoms with E-state index in [0.29, 0.717) is 31.5 Å². The van der Waals surface area contributed by atoms with Gasteiger partial charge in [0.1, 0.15) is 5.75 Å². The fourth-order valence-electron chi connectivity index (χ4n) is 2.89. The minimum atomic E-state index is -3.65. The first kappa shape index (κ1) is 16.3. The first-order valence-electron chi connectivity index (χ1n) is 7.96. The molecule has 3 rings (SSSR count). The van der Waals surface area contributed by atoms with Crippen LogP contribution in [0.2, 0.25) is 0 Å². The van der Waals surface area contributed by atoms with Gasteiger partial charge in [0, 0.05) is 19.1 Å². The summed E-state index contributed by atoms with van der Waals surface area (Å²) in [6.45, 7) is 5.01. The zero-order chi connectivity index (χ0) is 16.6. The molecule has 0 atom stereocenters. The lowest BCUT2D eigenvalue weighted by Crippen LogP contribution is -2.52. The van der Waals surface area contributed by atoms with Crippen molar-refractivity contribution in [3.8, 4) is 5.75 Å². The molecule has 1 amide bonds. The first-order chi connectivity index (χ1) is 10.9. The molecule has 1 saturated heterocycles. The number of aryl methyl sites for hydroxylation is 1. The molecule has 6 nitrogen and oxygen atoms in total. The smallest absolute Gasteiger partial charge is 0.243 e. The molecule has 126 valence electrons. The lowest BCUT2D eigenvalue weighted by Gasteiger charge is -2.33. The molecular weight excluding hydrogens is 316 g/mol. The highest BCUT2D eigenvalue weighted by molar-refractivity contribution is 7.89. The average molecular weight is 338 g/mol. The first-order valence-corrected chi connectivity index (χ1v) is 9.40. The molecule has 1 aromatic rings. The Morgan fingerprint density at radius 1 is 1.26 bits per heavy atom. The van der Waals surface area contributed by atoms with Crippen LogP contribution in [0.15, 0.2) is 23.1 Å². The summed E-state index contributed by atoms with van der Waals surface area (Å²) < 4.78 is 32.2. The Morgan fingerprint density at radius 2 is 2.00 bits per heavy atom. The van der Waals surface area contributed by atoms with Crippen LogP contribution in [-0.2, 0) is 14.8 Å². The van der Waals surface area contributed by atoms with Gasteiger partial charge in [-0.15, -0.1) is 0 Å². The molecule has 0 aromatic heterocycles. The molecule has 7 heteroatoms. The molecule has 0 bridgehead atoms. The molecule has 1 saturated carbocycles. The number of piperazine rings is 1. The number of carbonyl (C=O) groups is 1. The van der Waals surface area contributed by atoms with Crippen LogP contribution in [0, 0.1) is 6.92 Å². The van der Waals surface area contributed by atoms with Gasteiger partial charge in [0.25, 0.3) is 0 Å². The fraction of sp³-hybridized carbons (Fsp3) is 0.562. The predicted octanol–water partition coefficient (Wildman–Crippen LogP) is 1.39. The van der Waals surface area contributed by atoms with Crippen LogP contribution >= 0.6 is 0 Å². The average Bonchev–Trinajstić information content (AvgIpc) is 3.34. The van der Waals surface area contributed by atoms with Gasteiger partial charge in [-0.2, -0.15) is 4.31 Å². The molecule has 0 unspecified atom stereocenters. The molecule has 0 spiro atoms. The highest BCUT2D eigenvalue weighted by Gasteiger charge is 2.39. The molecule has 23 heavy (non-hydrogen) atoms. The quantitative estimate of drug-likeness (QED) is 0.814. The van der Waals surface area contributed by atoms with Crippen LogP contribution in [0.25, 0.3) is 0 Å². The van der Waals surface area contributed by atoms with E-state index in [2.05, 4.69) is 0 Å². The van der Waals surface area contributed by atoms with Crippen LogP contribution in [0.4, 0.5) is 0 Å². The molecule has 2 fully saturated rings. The fourth-order valence-corrected chi connectivity index (χ4v) is 4.36. The van der Waals surface area contributed by atoms with E-state index in [1.807, 2.05) is 18.7 Å². The molecule has 1 aliphatic heterocycles. The Morgan fingerprint density at radius 3 is 2.57 bits per heavy atom. The number of amides is 1. The molecule has 1 heterocycles. The molecule has 1 aromatic carbocycles. The zero-order valence-corrected chi connectivity index (χ0v) is 14.3. The second kappa shape index (κ2) is 6.13. The largest absolute Gasteiger partial charge is 0.494 e. The lowest BCUT2D eigenvalue weighted by molar-refractivity contribution is -0.134. The van der Waals surface area contributed by atoms with Crippen molar-refractivity contribution in [2.45, 2.75) is 37.6 Å². The topological polar surface area (TPSA) is 66.9 Å². The molecule has 0 radical (unpaired) electrons. The van der Waals surface area contributed by atoms with E-state index < -0.39 is 10.0 Å². The van der Waals surface area contributed by atoms with Crippen LogP contribution in [-0.4, -0.2) is 55.8 Å². The maximum Gasteiger partial charge on any atom is 0.243 e. The Kier molecular flexibility index (Phi) is 4.33. The number of carbonyl (C=O) groups excluding carboxylic acids is 1. The molecule has 0 N–H and O–H groups in total. The second-order valence-corrected chi connectivity index (χ2v) is 7.96. The number of nitrogens with zero attached hydrogens (tertiary/aromatic N) is 2. The van der Waals surface area contributed by atoms with E-state index in [4.69, 9.17) is 4.74 Å². The third-order valence-electron chi connectivity index (χ3n) is 4.29. The summed E-state index contributed by atoms with van der Waals surface area (Å²) >= 11 is 0. The SMILES string of the molecule is CCOc1ccc(S(=O)(=O)N2CCN(C3CC3)C(=O)C2)cc1C. The summed E-state index contributed by atoms with van der Waals surface area (Å²) in [5.74, 6) is 0.589. The Bertz CT molecular complexity index is 713. The Balaban J connectivity index is 1.78. The van der Waals surface area contributed by atoms with Gasteiger partial charge in [-0.1, -0.05) is 0 Å². The van der Waals surface area contributed by atoms with Gasteiger partial charge in [-0.3, -0.25) is 4.79 Å². The van der Waals surface area contributed by atoms with Crippen molar-refractivity contribution < 1.29 is 17.9 Å². The second-order valence-electron chi connectivity index (χ2n) is 6.02.